The van der Waals surface area contributed by atoms with Gasteiger partial charge < -0.3 is 20.4 Å². The Kier molecular flexibility index (Phi) is 20.5. The molecule has 0 saturated carbocycles. The zero-order valence-corrected chi connectivity index (χ0v) is 47.5. The van der Waals surface area contributed by atoms with E-state index in [9.17, 15) is 19.2 Å². The van der Waals surface area contributed by atoms with E-state index in [4.69, 9.17) is 0 Å². The number of benzene rings is 4. The minimum atomic E-state index is 0.0652. The lowest BCUT2D eigenvalue weighted by Crippen LogP contribution is -2.80. The van der Waals surface area contributed by atoms with Gasteiger partial charge in [0, 0.05) is 170 Å². The number of carbonyl (C=O) groups excluding carboxylic acids is 4. The Bertz CT molecular complexity index is 2290. The fourth-order valence-corrected chi connectivity index (χ4v) is 12.9. The van der Waals surface area contributed by atoms with Crippen molar-refractivity contribution in [3.05, 3.63) is 144 Å². The molecular weight excluding hydrogens is 1090 g/mol. The molecule has 4 aromatic rings. The van der Waals surface area contributed by atoms with E-state index in [1.165, 1.54) is 39.3 Å². The number of piperazine rings is 2. The molecule has 76 heavy (non-hydrogen) atoms. The first-order valence-corrected chi connectivity index (χ1v) is 31.6. The number of nitrogens with zero attached hydrogens (tertiary/aromatic N) is 10. The quantitative estimate of drug-likeness (QED) is 0.288. The van der Waals surface area contributed by atoms with Gasteiger partial charge in [-0.2, -0.15) is 0 Å². The van der Waals surface area contributed by atoms with Crippen molar-refractivity contribution < 1.29 is 28.1 Å². The summed E-state index contributed by atoms with van der Waals surface area (Å²) in [5, 5.41) is 7.00. The Labute approximate surface area is 466 Å². The molecule has 8 aliphatic rings. The molecule has 8 saturated heterocycles. The molecule has 0 aliphatic carbocycles. The number of fused-ring (bicyclic) bond motifs is 6. The van der Waals surface area contributed by atoms with E-state index in [1.807, 2.05) is 131 Å². The highest BCUT2D eigenvalue weighted by molar-refractivity contribution is 9.93. The van der Waals surface area contributed by atoms with Gasteiger partial charge in [0.15, 0.2) is 0 Å². The fourth-order valence-electron chi connectivity index (χ4n) is 12.9. The summed E-state index contributed by atoms with van der Waals surface area (Å²) >= 11 is 5.50. The van der Waals surface area contributed by atoms with Crippen molar-refractivity contribution in [3.8, 4) is 0 Å². The van der Waals surface area contributed by atoms with Crippen LogP contribution in [0.4, 0.5) is 0 Å². The molecule has 4 bridgehead atoms. The molecule has 12 rings (SSSR count). The van der Waals surface area contributed by atoms with Crippen molar-refractivity contribution in [3.63, 3.8) is 0 Å². The molecule has 4 aromatic carbocycles. The van der Waals surface area contributed by atoms with E-state index in [0.717, 1.165) is 140 Å². The molecule has 0 radical (unpaired) electrons. The largest absolute Gasteiger partial charge is 0.347 e. The van der Waals surface area contributed by atoms with Gasteiger partial charge in [0.05, 0.1) is 37.3 Å². The third-order valence-corrected chi connectivity index (χ3v) is 17.3. The van der Waals surface area contributed by atoms with Crippen LogP contribution in [-0.4, -0.2) is 267 Å². The SMILES string of the molecule is BrBr.C1CN2CCNCCN(CCN1)CC2.O=C(c1ccccc1)N1CCN2CCN(CC1)CCN(C(=O)c1ccccc1)CC2.O=C(c1ccccc1)[N+]12CCN3CC[N+]4(C(=O)c5ccccc5)CCN(CC1)C4C32. The van der Waals surface area contributed by atoms with Crippen LogP contribution in [0.15, 0.2) is 121 Å². The Morgan fingerprint density at radius 1 is 0.342 bits per heavy atom. The van der Waals surface area contributed by atoms with E-state index < -0.39 is 0 Å². The molecule has 8 aliphatic heterocycles. The van der Waals surface area contributed by atoms with Gasteiger partial charge >= 0.3 is 11.8 Å². The van der Waals surface area contributed by atoms with Gasteiger partial charge in [0.25, 0.3) is 11.8 Å². The second kappa shape index (κ2) is 27.5. The normalized spacial score (nSPS) is 29.6. The van der Waals surface area contributed by atoms with Crippen LogP contribution < -0.4 is 10.6 Å². The molecule has 2 N–H and O–H groups in total. The second-order valence-corrected chi connectivity index (χ2v) is 21.4. The highest BCUT2D eigenvalue weighted by Gasteiger charge is 2.71. The van der Waals surface area contributed by atoms with Crippen molar-refractivity contribution >= 4 is 51.9 Å². The zero-order valence-electron chi connectivity index (χ0n) is 44.4. The minimum absolute atomic E-state index is 0.0652. The zero-order chi connectivity index (χ0) is 52.7. The van der Waals surface area contributed by atoms with Crippen LogP contribution in [0.2, 0.25) is 0 Å². The summed E-state index contributed by atoms with van der Waals surface area (Å²) in [6.45, 7) is 27.0. The molecular formula is C58H80Br2N12O4+2. The lowest BCUT2D eigenvalue weighted by Gasteiger charge is -2.54. The summed E-state index contributed by atoms with van der Waals surface area (Å²) in [6, 6.07) is 38.6. The summed E-state index contributed by atoms with van der Waals surface area (Å²) in [5.41, 5.74) is 3.09. The Balaban J connectivity index is 0.000000146. The van der Waals surface area contributed by atoms with Gasteiger partial charge in [-0.1, -0.05) is 72.8 Å². The minimum Gasteiger partial charge on any atom is -0.336 e. The number of amides is 4. The number of halogens is 2. The first kappa shape index (κ1) is 56.4. The van der Waals surface area contributed by atoms with Crippen LogP contribution in [0.3, 0.4) is 0 Å². The number of rotatable bonds is 4. The van der Waals surface area contributed by atoms with Crippen molar-refractivity contribution in [2.45, 2.75) is 12.3 Å². The summed E-state index contributed by atoms with van der Waals surface area (Å²) in [5.74, 6) is 0.661. The van der Waals surface area contributed by atoms with Crippen LogP contribution >= 0.6 is 28.3 Å². The Morgan fingerprint density at radius 3 is 0.882 bits per heavy atom. The Morgan fingerprint density at radius 2 is 0.592 bits per heavy atom. The summed E-state index contributed by atoms with van der Waals surface area (Å²) < 4.78 is 0.959. The van der Waals surface area contributed by atoms with E-state index in [0.29, 0.717) is 35.1 Å². The molecule has 2 unspecified atom stereocenters. The smallest absolute Gasteiger partial charge is 0.336 e. The lowest BCUT2D eigenvalue weighted by molar-refractivity contribution is -0.956. The van der Waals surface area contributed by atoms with Crippen LogP contribution in [0.1, 0.15) is 41.4 Å². The molecule has 8 fully saturated rings. The molecule has 8 heterocycles. The van der Waals surface area contributed by atoms with E-state index in [-0.39, 0.29) is 36.0 Å². The van der Waals surface area contributed by atoms with E-state index in [1.54, 1.807) is 0 Å². The maximum Gasteiger partial charge on any atom is 0.347 e. The molecule has 408 valence electrons. The van der Waals surface area contributed by atoms with Crippen LogP contribution in [0.5, 0.6) is 0 Å². The van der Waals surface area contributed by atoms with Crippen molar-refractivity contribution in [2.24, 2.45) is 0 Å². The number of hydrogen-bond acceptors (Lipinski definition) is 12. The Hall–Kier alpha value is -4.28. The van der Waals surface area contributed by atoms with Gasteiger partial charge in [0.1, 0.15) is 26.2 Å². The highest BCUT2D eigenvalue weighted by atomic mass is 80.9. The third kappa shape index (κ3) is 13.2. The number of quaternary nitrogens is 2. The van der Waals surface area contributed by atoms with Gasteiger partial charge in [-0.3, -0.25) is 29.2 Å². The first-order valence-electron chi connectivity index (χ1n) is 27.9. The van der Waals surface area contributed by atoms with Crippen molar-refractivity contribution in [2.75, 3.05) is 183 Å². The summed E-state index contributed by atoms with van der Waals surface area (Å²) in [4.78, 5) is 72.5. The second-order valence-electron chi connectivity index (χ2n) is 21.4. The standard InChI is InChI=1S/C24H28N4O2.C24H30N4O2.C10H22N4.Br2/c29-23(19-7-3-1-4-8-19)27-15-11-25-14-18-28(24(30)20-9-5-2-6-10-20)16-12-26(13-17-27)22(28)21(25)27;29-23(21-7-3-1-4-8-21)27-17-13-25-11-12-26(14-18-27)16-20-28(19-15-25)24(30)22-9-5-2-6-10-22;1-5-13-7-3-12-4-8-14(10-9-13)6-2-11-1;1-2/h1-10,21-22H,11-18H2;1-10H,11-20H2;11-12H,1-10H2;/q+2;;;. The topological polar surface area (TPSA) is 118 Å². The van der Waals surface area contributed by atoms with Gasteiger partial charge in [-0.25, -0.2) is 28.4 Å². The first-order chi connectivity index (χ1) is 37.3. The summed E-state index contributed by atoms with van der Waals surface area (Å²) in [6.07, 6.45) is 0.130. The molecule has 4 amide bonds. The fraction of sp³-hybridized carbons (Fsp3) is 0.517. The monoisotopic (exact) mass is 1170 g/mol. The maximum absolute atomic E-state index is 13.8. The predicted octanol–water partition coefficient (Wildman–Crippen LogP) is 4.00. The van der Waals surface area contributed by atoms with Crippen molar-refractivity contribution in [1.82, 2.24) is 49.8 Å². The molecule has 16 nitrogen and oxygen atoms in total. The lowest BCUT2D eigenvalue weighted by atomic mass is 10.0. The molecule has 18 heteroatoms. The number of carbonyl (C=O) groups is 4. The highest BCUT2D eigenvalue weighted by Crippen LogP contribution is 2.45. The molecule has 2 atom stereocenters. The van der Waals surface area contributed by atoms with Crippen LogP contribution in [-0.2, 0) is 0 Å². The predicted molar refractivity (Wildman–Crippen MR) is 306 cm³/mol. The van der Waals surface area contributed by atoms with E-state index >= 15 is 0 Å². The summed E-state index contributed by atoms with van der Waals surface area (Å²) in [7, 11) is 0. The average Bonchev–Trinajstić information content (AvgIpc) is 4.24. The van der Waals surface area contributed by atoms with Gasteiger partial charge in [-0.15, -0.1) is 0 Å². The van der Waals surface area contributed by atoms with Crippen LogP contribution in [0.25, 0.3) is 0 Å². The number of hydrogen-bond donors (Lipinski definition) is 2. The maximum atomic E-state index is 13.8. The van der Waals surface area contributed by atoms with Crippen LogP contribution in [0, 0.1) is 0 Å². The third-order valence-electron chi connectivity index (χ3n) is 17.3. The van der Waals surface area contributed by atoms with Gasteiger partial charge in [-0.05, 0) is 48.5 Å². The average molecular weight is 1170 g/mol. The number of nitrogens with one attached hydrogen (secondary N) is 2. The molecule has 0 spiro atoms. The molecule has 0 aromatic heterocycles. The van der Waals surface area contributed by atoms with Gasteiger partial charge in [0.2, 0.25) is 12.3 Å². The van der Waals surface area contributed by atoms with E-state index in [2.05, 4.69) is 68.3 Å². The van der Waals surface area contributed by atoms with Crippen molar-refractivity contribution in [1.29, 1.82) is 0 Å².